The van der Waals surface area contributed by atoms with Gasteiger partial charge in [-0.3, -0.25) is 0 Å². The number of carbonyl (C=O) groups excluding carboxylic acids is 1. The Balaban J connectivity index is 1.82. The number of fused-ring (bicyclic) bond motifs is 5. The van der Waals surface area contributed by atoms with Gasteiger partial charge in [0.2, 0.25) is 0 Å². The summed E-state index contributed by atoms with van der Waals surface area (Å²) in [5, 5.41) is 19.9. The first-order valence-electron chi connectivity index (χ1n) is 8.45. The molecule has 1 aromatic carbocycles. The molecule has 2 N–H and O–H groups in total. The zero-order valence-electron chi connectivity index (χ0n) is 13.1. The molecule has 1 unspecified atom stereocenters. The van der Waals surface area contributed by atoms with Gasteiger partial charge < -0.3 is 15.0 Å². The summed E-state index contributed by atoms with van der Waals surface area (Å²) in [5.41, 5.74) is 2.03. The van der Waals surface area contributed by atoms with E-state index >= 15 is 0 Å². The maximum absolute atomic E-state index is 12.2. The van der Waals surface area contributed by atoms with Gasteiger partial charge in [-0.2, -0.15) is 0 Å². The molecule has 0 amide bonds. The summed E-state index contributed by atoms with van der Waals surface area (Å²) < 4.78 is 0. The van der Waals surface area contributed by atoms with Gasteiger partial charge in [-0.05, 0) is 79.0 Å². The molecule has 0 bridgehead atoms. The maximum atomic E-state index is 12.2. The Morgan fingerprint density at radius 1 is 1.27 bits per heavy atom. The third kappa shape index (κ3) is 1.75. The number of aryl methyl sites for hydroxylation is 1. The van der Waals surface area contributed by atoms with Crippen LogP contribution in [0.15, 0.2) is 18.2 Å². The summed E-state index contributed by atoms with van der Waals surface area (Å²) in [6.07, 6.45) is 6.48. The molecule has 3 heteroatoms. The van der Waals surface area contributed by atoms with E-state index in [-0.39, 0.29) is 17.3 Å². The third-order valence-corrected chi connectivity index (χ3v) is 6.91. The zero-order valence-corrected chi connectivity index (χ0v) is 13.1. The molecule has 0 aliphatic heterocycles. The quantitative estimate of drug-likeness (QED) is 0.784. The summed E-state index contributed by atoms with van der Waals surface area (Å²) in [6, 6.07) is 5.50. The minimum Gasteiger partial charge on any atom is -0.508 e. The van der Waals surface area contributed by atoms with Crippen molar-refractivity contribution in [2.45, 2.75) is 57.0 Å². The first-order valence-corrected chi connectivity index (χ1v) is 8.45. The predicted molar refractivity (Wildman–Crippen MR) is 83.7 cm³/mol. The topological polar surface area (TPSA) is 57.5 Å². The molecule has 22 heavy (non-hydrogen) atoms. The number of phenolic OH excluding ortho intramolecular Hbond substituents is 1. The average Bonchev–Trinajstić information content (AvgIpc) is 2.80. The fraction of sp³-hybridized carbons (Fsp3) is 0.632. The fourth-order valence-corrected chi connectivity index (χ4v) is 5.88. The van der Waals surface area contributed by atoms with Crippen LogP contribution < -0.4 is 0 Å². The van der Waals surface area contributed by atoms with E-state index in [0.717, 1.165) is 49.7 Å². The Labute approximate surface area is 131 Å². The van der Waals surface area contributed by atoms with Gasteiger partial charge in [0.05, 0.1) is 11.5 Å². The van der Waals surface area contributed by atoms with Crippen molar-refractivity contribution in [3.05, 3.63) is 29.3 Å². The van der Waals surface area contributed by atoms with Gasteiger partial charge in [-0.25, -0.2) is 0 Å². The predicted octanol–water partition coefficient (Wildman–Crippen LogP) is 2.96. The number of aliphatic hydroxyl groups excluding tert-OH is 1. The van der Waals surface area contributed by atoms with Crippen LogP contribution in [0.1, 0.15) is 50.2 Å². The van der Waals surface area contributed by atoms with Crippen LogP contribution in [0.5, 0.6) is 5.75 Å². The standard InChI is InChI=1S/C19H24O3/c1-18-6-7-19(11-20)15-5-3-13(21)8-12(15)2-4-16(19)17(18)9-14(22)10-18/h3,5,8,11,14,16-17,21-22H,2,4,6-7,9-10H2,1H3/t14?,16-,17-,18+,19-/m0/s1. The Morgan fingerprint density at radius 3 is 2.86 bits per heavy atom. The lowest BCUT2D eigenvalue weighted by molar-refractivity contribution is -0.120. The van der Waals surface area contributed by atoms with Gasteiger partial charge in [-0.15, -0.1) is 0 Å². The molecular formula is C19H24O3. The molecule has 0 saturated heterocycles. The minimum absolute atomic E-state index is 0.186. The fourth-order valence-electron chi connectivity index (χ4n) is 5.88. The molecule has 0 aromatic heterocycles. The van der Waals surface area contributed by atoms with Crippen LogP contribution in [0.3, 0.4) is 0 Å². The van der Waals surface area contributed by atoms with E-state index in [4.69, 9.17) is 0 Å². The van der Waals surface area contributed by atoms with Crippen molar-refractivity contribution in [1.29, 1.82) is 0 Å². The molecule has 0 heterocycles. The molecular weight excluding hydrogens is 276 g/mol. The number of hydrogen-bond donors (Lipinski definition) is 2. The van der Waals surface area contributed by atoms with Crippen molar-refractivity contribution < 1.29 is 15.0 Å². The highest BCUT2D eigenvalue weighted by molar-refractivity contribution is 5.72. The summed E-state index contributed by atoms with van der Waals surface area (Å²) >= 11 is 0. The summed E-state index contributed by atoms with van der Waals surface area (Å²) in [5.74, 6) is 1.05. The Hall–Kier alpha value is -1.35. The Bertz CT molecular complexity index is 625. The van der Waals surface area contributed by atoms with E-state index in [1.54, 1.807) is 6.07 Å². The Morgan fingerprint density at radius 2 is 2.09 bits per heavy atom. The van der Waals surface area contributed by atoms with Crippen LogP contribution >= 0.6 is 0 Å². The summed E-state index contributed by atoms with van der Waals surface area (Å²) in [7, 11) is 0. The molecule has 0 radical (unpaired) electrons. The highest BCUT2D eigenvalue weighted by Gasteiger charge is 2.59. The van der Waals surface area contributed by atoms with E-state index in [9.17, 15) is 15.0 Å². The number of aliphatic hydroxyl groups is 1. The number of aromatic hydroxyl groups is 1. The number of rotatable bonds is 1. The average molecular weight is 300 g/mol. The lowest BCUT2D eigenvalue weighted by atomic mass is 9.49. The number of phenols is 1. The molecule has 3 aliphatic carbocycles. The lowest BCUT2D eigenvalue weighted by Gasteiger charge is -2.54. The van der Waals surface area contributed by atoms with Crippen LogP contribution in [0, 0.1) is 17.3 Å². The number of benzene rings is 1. The zero-order chi connectivity index (χ0) is 15.5. The molecule has 2 fully saturated rings. The Kier molecular flexibility index (Phi) is 2.96. The molecule has 1 aromatic rings. The van der Waals surface area contributed by atoms with Crippen molar-refractivity contribution >= 4 is 6.29 Å². The van der Waals surface area contributed by atoms with Gasteiger partial charge in [0.25, 0.3) is 0 Å². The molecule has 118 valence electrons. The summed E-state index contributed by atoms with van der Waals surface area (Å²) in [6.45, 7) is 2.30. The molecule has 0 spiro atoms. The van der Waals surface area contributed by atoms with Gasteiger partial charge in [0, 0.05) is 0 Å². The van der Waals surface area contributed by atoms with E-state index in [1.165, 1.54) is 6.29 Å². The normalized spacial score (nSPS) is 43.1. The van der Waals surface area contributed by atoms with Gasteiger partial charge >= 0.3 is 0 Å². The van der Waals surface area contributed by atoms with Crippen LogP contribution in [-0.2, 0) is 16.6 Å². The SMILES string of the molecule is C[C@]12CC[C@]3(C=O)c4ccc(O)cc4CC[C@H]3[C@@H]1CC(O)C2. The maximum Gasteiger partial charge on any atom is 0.130 e. The minimum atomic E-state index is -0.407. The van der Waals surface area contributed by atoms with E-state index in [2.05, 4.69) is 6.92 Å². The lowest BCUT2D eigenvalue weighted by Crippen LogP contribution is -2.51. The van der Waals surface area contributed by atoms with Crippen LogP contribution in [0.25, 0.3) is 0 Å². The first kappa shape index (κ1) is 14.3. The first-order chi connectivity index (χ1) is 10.5. The largest absolute Gasteiger partial charge is 0.508 e. The second kappa shape index (κ2) is 4.58. The highest BCUT2D eigenvalue weighted by atomic mass is 16.3. The monoisotopic (exact) mass is 300 g/mol. The molecule has 3 aliphatic rings. The second-order valence-electron chi connectivity index (χ2n) is 8.00. The van der Waals surface area contributed by atoms with Crippen molar-refractivity contribution in [3.8, 4) is 5.75 Å². The smallest absolute Gasteiger partial charge is 0.130 e. The molecule has 3 nitrogen and oxygen atoms in total. The van der Waals surface area contributed by atoms with E-state index in [1.807, 2.05) is 12.1 Å². The van der Waals surface area contributed by atoms with Gasteiger partial charge in [0.15, 0.2) is 0 Å². The highest BCUT2D eigenvalue weighted by Crippen LogP contribution is 2.62. The van der Waals surface area contributed by atoms with Crippen molar-refractivity contribution in [2.24, 2.45) is 17.3 Å². The van der Waals surface area contributed by atoms with Gasteiger partial charge in [0.1, 0.15) is 12.0 Å². The van der Waals surface area contributed by atoms with Gasteiger partial charge in [-0.1, -0.05) is 13.0 Å². The van der Waals surface area contributed by atoms with Crippen molar-refractivity contribution in [3.63, 3.8) is 0 Å². The molecule has 4 rings (SSSR count). The van der Waals surface area contributed by atoms with E-state index in [0.29, 0.717) is 11.8 Å². The number of carbonyl (C=O) groups is 1. The number of aldehydes is 1. The van der Waals surface area contributed by atoms with Crippen molar-refractivity contribution in [1.82, 2.24) is 0 Å². The summed E-state index contributed by atoms with van der Waals surface area (Å²) in [4.78, 5) is 12.2. The third-order valence-electron chi connectivity index (χ3n) is 6.91. The van der Waals surface area contributed by atoms with Crippen LogP contribution in [0.2, 0.25) is 0 Å². The van der Waals surface area contributed by atoms with E-state index < -0.39 is 5.41 Å². The molecule has 5 atom stereocenters. The molecule has 2 saturated carbocycles. The van der Waals surface area contributed by atoms with Crippen molar-refractivity contribution in [2.75, 3.05) is 0 Å². The number of hydrogen-bond acceptors (Lipinski definition) is 3. The second-order valence-corrected chi connectivity index (χ2v) is 8.00. The van der Waals surface area contributed by atoms with Crippen LogP contribution in [-0.4, -0.2) is 22.6 Å². The van der Waals surface area contributed by atoms with Crippen LogP contribution in [0.4, 0.5) is 0 Å².